The second-order valence-electron chi connectivity index (χ2n) is 6.23. The monoisotopic (exact) mass is 266 g/mol. The van der Waals surface area contributed by atoms with Crippen molar-refractivity contribution in [2.24, 2.45) is 18.9 Å². The molecule has 0 aliphatic rings. The van der Waals surface area contributed by atoms with Crippen LogP contribution in [0.4, 0.5) is 5.82 Å². The van der Waals surface area contributed by atoms with Gasteiger partial charge in [0.1, 0.15) is 5.82 Å². The summed E-state index contributed by atoms with van der Waals surface area (Å²) in [5.41, 5.74) is 2.45. The molecule has 1 rings (SSSR count). The van der Waals surface area contributed by atoms with E-state index in [-0.39, 0.29) is 0 Å². The minimum absolute atomic E-state index is 0.649. The average Bonchev–Trinajstić information content (AvgIpc) is 2.52. The molecule has 0 saturated heterocycles. The van der Waals surface area contributed by atoms with Crippen molar-refractivity contribution in [1.82, 2.24) is 15.1 Å². The zero-order valence-electron chi connectivity index (χ0n) is 13.6. The van der Waals surface area contributed by atoms with Crippen molar-refractivity contribution in [1.29, 1.82) is 0 Å². The Morgan fingerprint density at radius 2 is 1.68 bits per heavy atom. The maximum absolute atomic E-state index is 4.60. The fourth-order valence-corrected chi connectivity index (χ4v) is 2.60. The van der Waals surface area contributed by atoms with E-state index in [2.05, 4.69) is 57.0 Å². The summed E-state index contributed by atoms with van der Waals surface area (Å²) in [6, 6.07) is 0. The van der Waals surface area contributed by atoms with E-state index in [1.165, 1.54) is 11.4 Å². The quantitative estimate of drug-likeness (QED) is 0.823. The Labute approximate surface area is 118 Å². The van der Waals surface area contributed by atoms with Crippen molar-refractivity contribution in [3.05, 3.63) is 11.3 Å². The van der Waals surface area contributed by atoms with Gasteiger partial charge in [-0.05, 0) is 25.8 Å². The zero-order valence-corrected chi connectivity index (χ0v) is 13.6. The topological polar surface area (TPSA) is 33.1 Å². The fraction of sp³-hybridized carbons (Fsp3) is 0.800. The largest absolute Gasteiger partial charge is 0.356 e. The molecule has 1 aromatic rings. The molecule has 0 aromatic carbocycles. The first kappa shape index (κ1) is 16.0. The van der Waals surface area contributed by atoms with Crippen LogP contribution < -0.4 is 10.2 Å². The minimum atomic E-state index is 0.649. The van der Waals surface area contributed by atoms with E-state index in [1.54, 1.807) is 0 Å². The smallest absolute Gasteiger partial charge is 0.131 e. The molecule has 4 nitrogen and oxygen atoms in total. The van der Waals surface area contributed by atoms with Gasteiger partial charge in [0.2, 0.25) is 0 Å². The van der Waals surface area contributed by atoms with E-state index in [9.17, 15) is 0 Å². The van der Waals surface area contributed by atoms with Crippen molar-refractivity contribution in [3.63, 3.8) is 0 Å². The maximum Gasteiger partial charge on any atom is 0.131 e. The second kappa shape index (κ2) is 6.94. The number of aryl methyl sites for hydroxylation is 2. The van der Waals surface area contributed by atoms with Gasteiger partial charge in [-0.15, -0.1) is 0 Å². The van der Waals surface area contributed by atoms with Gasteiger partial charge in [-0.3, -0.25) is 4.68 Å². The summed E-state index contributed by atoms with van der Waals surface area (Å²) in [4.78, 5) is 2.49. The predicted molar refractivity (Wildman–Crippen MR) is 82.6 cm³/mol. The van der Waals surface area contributed by atoms with Crippen LogP contribution in [0.1, 0.15) is 39.0 Å². The van der Waals surface area contributed by atoms with Crippen LogP contribution in [0.5, 0.6) is 0 Å². The molecule has 110 valence electrons. The summed E-state index contributed by atoms with van der Waals surface area (Å²) in [6.07, 6.45) is 0. The van der Waals surface area contributed by atoms with Gasteiger partial charge in [-0.2, -0.15) is 5.10 Å². The molecule has 0 radical (unpaired) electrons. The SMILES string of the molecule is CNCc1c(C)nn(C)c1N(CC(C)C)CC(C)C. The Kier molecular flexibility index (Phi) is 5.85. The Morgan fingerprint density at radius 1 is 1.16 bits per heavy atom. The second-order valence-corrected chi connectivity index (χ2v) is 6.23. The third-order valence-electron chi connectivity index (χ3n) is 3.14. The molecule has 0 saturated carbocycles. The van der Waals surface area contributed by atoms with Gasteiger partial charge in [-0.25, -0.2) is 0 Å². The molecule has 0 aliphatic heterocycles. The molecule has 1 N–H and O–H groups in total. The summed E-state index contributed by atoms with van der Waals surface area (Å²) in [6.45, 7) is 14.2. The van der Waals surface area contributed by atoms with Crippen LogP contribution in [0, 0.1) is 18.8 Å². The number of nitrogens with one attached hydrogen (secondary N) is 1. The summed E-state index contributed by atoms with van der Waals surface area (Å²) in [7, 11) is 4.04. The van der Waals surface area contributed by atoms with Crippen LogP contribution in [0.15, 0.2) is 0 Å². The van der Waals surface area contributed by atoms with Crippen LogP contribution >= 0.6 is 0 Å². The van der Waals surface area contributed by atoms with Crippen molar-refractivity contribution in [2.75, 3.05) is 25.0 Å². The van der Waals surface area contributed by atoms with Gasteiger partial charge in [0.05, 0.1) is 5.69 Å². The van der Waals surface area contributed by atoms with Gasteiger partial charge in [-0.1, -0.05) is 27.7 Å². The molecular formula is C15H30N4. The van der Waals surface area contributed by atoms with Crippen molar-refractivity contribution in [2.45, 2.75) is 41.2 Å². The summed E-state index contributed by atoms with van der Waals surface area (Å²) >= 11 is 0. The average molecular weight is 266 g/mol. The first-order valence-electron chi connectivity index (χ1n) is 7.28. The van der Waals surface area contributed by atoms with E-state index in [0.29, 0.717) is 11.8 Å². The Hall–Kier alpha value is -1.03. The summed E-state index contributed by atoms with van der Waals surface area (Å²) < 4.78 is 2.03. The first-order chi connectivity index (χ1) is 8.86. The Bertz CT molecular complexity index is 383. The van der Waals surface area contributed by atoms with Crippen LogP contribution in [0.3, 0.4) is 0 Å². The van der Waals surface area contributed by atoms with E-state index in [1.807, 2.05) is 11.7 Å². The van der Waals surface area contributed by atoms with Gasteiger partial charge >= 0.3 is 0 Å². The Morgan fingerprint density at radius 3 is 2.11 bits per heavy atom. The van der Waals surface area contributed by atoms with E-state index < -0.39 is 0 Å². The lowest BCUT2D eigenvalue weighted by Crippen LogP contribution is -2.33. The number of hydrogen-bond donors (Lipinski definition) is 1. The number of rotatable bonds is 7. The molecule has 0 atom stereocenters. The van der Waals surface area contributed by atoms with Gasteiger partial charge in [0.25, 0.3) is 0 Å². The lowest BCUT2D eigenvalue weighted by Gasteiger charge is -2.29. The lowest BCUT2D eigenvalue weighted by molar-refractivity contribution is 0.537. The third kappa shape index (κ3) is 4.23. The molecule has 1 aromatic heterocycles. The van der Waals surface area contributed by atoms with Gasteiger partial charge in [0.15, 0.2) is 0 Å². The van der Waals surface area contributed by atoms with Crippen LogP contribution in [0.25, 0.3) is 0 Å². The van der Waals surface area contributed by atoms with Gasteiger partial charge < -0.3 is 10.2 Å². The highest BCUT2D eigenvalue weighted by molar-refractivity contribution is 5.50. The molecule has 0 fully saturated rings. The van der Waals surface area contributed by atoms with Crippen molar-refractivity contribution in [3.8, 4) is 0 Å². The molecule has 0 spiro atoms. The van der Waals surface area contributed by atoms with E-state index in [0.717, 1.165) is 25.3 Å². The zero-order chi connectivity index (χ0) is 14.6. The lowest BCUT2D eigenvalue weighted by atomic mass is 10.1. The van der Waals surface area contributed by atoms with Crippen LogP contribution in [-0.2, 0) is 13.6 Å². The number of anilines is 1. The van der Waals surface area contributed by atoms with Crippen molar-refractivity contribution < 1.29 is 0 Å². The third-order valence-corrected chi connectivity index (χ3v) is 3.14. The molecule has 0 aliphatic carbocycles. The highest BCUT2D eigenvalue weighted by Crippen LogP contribution is 2.25. The molecular weight excluding hydrogens is 236 g/mol. The summed E-state index contributed by atoms with van der Waals surface area (Å²) in [5.74, 6) is 2.57. The van der Waals surface area contributed by atoms with E-state index in [4.69, 9.17) is 0 Å². The molecule has 4 heteroatoms. The fourth-order valence-electron chi connectivity index (χ4n) is 2.60. The van der Waals surface area contributed by atoms with E-state index >= 15 is 0 Å². The van der Waals surface area contributed by atoms with Crippen LogP contribution in [-0.4, -0.2) is 29.9 Å². The molecule has 0 unspecified atom stereocenters. The minimum Gasteiger partial charge on any atom is -0.356 e. The molecule has 19 heavy (non-hydrogen) atoms. The Balaban J connectivity index is 3.12. The maximum atomic E-state index is 4.60. The van der Waals surface area contributed by atoms with Crippen LogP contribution in [0.2, 0.25) is 0 Å². The molecule has 0 amide bonds. The predicted octanol–water partition coefficient (Wildman–Crippen LogP) is 2.57. The number of nitrogens with zero attached hydrogens (tertiary/aromatic N) is 3. The highest BCUT2D eigenvalue weighted by Gasteiger charge is 2.20. The number of hydrogen-bond acceptors (Lipinski definition) is 3. The first-order valence-corrected chi connectivity index (χ1v) is 7.28. The van der Waals surface area contributed by atoms with Gasteiger partial charge in [0, 0.05) is 32.2 Å². The molecule has 1 heterocycles. The highest BCUT2D eigenvalue weighted by atomic mass is 15.4. The van der Waals surface area contributed by atoms with Crippen molar-refractivity contribution >= 4 is 5.82 Å². The molecule has 0 bridgehead atoms. The number of aromatic nitrogens is 2. The standard InChI is InChI=1S/C15H30N4/c1-11(2)9-19(10-12(3)4)15-14(8-16-6)13(5)17-18(15)7/h11-12,16H,8-10H2,1-7H3. The normalized spacial score (nSPS) is 11.6. The summed E-state index contributed by atoms with van der Waals surface area (Å²) in [5, 5.41) is 7.86.